The maximum Gasteiger partial charge on any atom is 0.331 e. The molecule has 1 aliphatic heterocycles. The quantitative estimate of drug-likeness (QED) is 0.728. The molecule has 4 amide bonds. The van der Waals surface area contributed by atoms with E-state index in [0.29, 0.717) is 16.9 Å². The predicted octanol–water partition coefficient (Wildman–Crippen LogP) is 2.83. The number of nitrogens with zero attached hydrogens (tertiary/aromatic N) is 3. The Labute approximate surface area is 155 Å². The smallest absolute Gasteiger partial charge is 0.331 e. The van der Waals surface area contributed by atoms with Crippen molar-refractivity contribution in [1.29, 1.82) is 0 Å². The molecule has 27 heavy (non-hydrogen) atoms. The number of anilines is 2. The number of benzene rings is 2. The highest BCUT2D eigenvalue weighted by molar-refractivity contribution is 6.20. The van der Waals surface area contributed by atoms with Crippen LogP contribution in [0.4, 0.5) is 16.2 Å². The number of aryl methyl sites for hydroxylation is 1. The Kier molecular flexibility index (Phi) is 3.92. The van der Waals surface area contributed by atoms with E-state index in [4.69, 9.17) is 0 Å². The first-order valence-electron chi connectivity index (χ1n) is 8.49. The van der Waals surface area contributed by atoms with Crippen LogP contribution in [0, 0.1) is 0 Å². The van der Waals surface area contributed by atoms with Crippen molar-refractivity contribution in [2.75, 3.05) is 23.8 Å². The number of amides is 4. The van der Waals surface area contributed by atoms with Crippen LogP contribution in [0.1, 0.15) is 10.4 Å². The fourth-order valence-electron chi connectivity index (χ4n) is 3.29. The molecule has 136 valence electrons. The van der Waals surface area contributed by atoms with Gasteiger partial charge in [-0.25, -0.2) is 9.69 Å². The summed E-state index contributed by atoms with van der Waals surface area (Å²) in [5.41, 5.74) is 2.48. The molecule has 2 heterocycles. The van der Waals surface area contributed by atoms with Crippen LogP contribution in [0.2, 0.25) is 0 Å². The van der Waals surface area contributed by atoms with E-state index in [-0.39, 0.29) is 24.4 Å². The summed E-state index contributed by atoms with van der Waals surface area (Å²) in [6, 6.07) is 13.8. The molecule has 0 bridgehead atoms. The molecule has 7 nitrogen and oxygen atoms in total. The molecule has 3 aromatic rings. The Bertz CT molecular complexity index is 1090. The minimum Gasteiger partial charge on any atom is -0.351 e. The lowest BCUT2D eigenvalue weighted by atomic mass is 10.1. The third-order valence-corrected chi connectivity index (χ3v) is 4.67. The molecule has 7 heteroatoms. The van der Waals surface area contributed by atoms with Gasteiger partial charge in [0.2, 0.25) is 0 Å². The summed E-state index contributed by atoms with van der Waals surface area (Å²) in [5, 5.41) is 3.71. The lowest BCUT2D eigenvalue weighted by Crippen LogP contribution is -2.31. The number of carbonyl (C=O) groups is 3. The number of hydrogen-bond donors (Lipinski definition) is 1. The number of fused-ring (bicyclic) bond motifs is 1. The first-order chi connectivity index (χ1) is 13.0. The topological polar surface area (TPSA) is 74.7 Å². The van der Waals surface area contributed by atoms with Gasteiger partial charge in [0.05, 0.1) is 5.69 Å². The van der Waals surface area contributed by atoms with Crippen molar-refractivity contribution in [2.24, 2.45) is 7.05 Å². The lowest BCUT2D eigenvalue weighted by molar-refractivity contribution is -0.116. The lowest BCUT2D eigenvalue weighted by Gasteiger charge is -2.15. The minimum absolute atomic E-state index is 0.0470. The zero-order valence-corrected chi connectivity index (χ0v) is 15.0. The molecular formula is C20H18N4O3. The van der Waals surface area contributed by atoms with Gasteiger partial charge in [-0.05, 0) is 36.4 Å². The van der Waals surface area contributed by atoms with Crippen LogP contribution in [-0.4, -0.2) is 40.9 Å². The zero-order chi connectivity index (χ0) is 19.1. The molecule has 0 radical (unpaired) electrons. The molecule has 0 aliphatic carbocycles. The molecule has 1 N–H and O–H groups in total. The largest absolute Gasteiger partial charge is 0.351 e. The fraction of sp³-hybridized carbons (Fsp3) is 0.150. The van der Waals surface area contributed by atoms with Gasteiger partial charge < -0.3 is 14.8 Å². The molecule has 0 atom stereocenters. The number of rotatable bonds is 3. The Morgan fingerprint density at radius 1 is 1.04 bits per heavy atom. The van der Waals surface area contributed by atoms with E-state index in [9.17, 15) is 14.4 Å². The molecule has 1 saturated heterocycles. The van der Waals surface area contributed by atoms with Crippen molar-refractivity contribution in [3.8, 4) is 0 Å². The third kappa shape index (κ3) is 2.83. The maximum absolute atomic E-state index is 12.8. The Hall–Kier alpha value is -3.61. The molecule has 1 fully saturated rings. The number of carbonyl (C=O) groups excluding carboxylic acids is 3. The number of imide groups is 1. The van der Waals surface area contributed by atoms with Crippen molar-refractivity contribution in [2.45, 2.75) is 0 Å². The third-order valence-electron chi connectivity index (χ3n) is 4.67. The summed E-state index contributed by atoms with van der Waals surface area (Å²) in [6.07, 6.45) is 1.91. The average Bonchev–Trinajstić information content (AvgIpc) is 3.14. The number of likely N-dealkylation sites (N-methyl/N-ethyl adjacent to an activating group) is 1. The van der Waals surface area contributed by atoms with Crippen molar-refractivity contribution >= 4 is 40.1 Å². The molecule has 0 saturated carbocycles. The number of nitrogens with one attached hydrogen (secondary N) is 1. The van der Waals surface area contributed by atoms with Crippen LogP contribution in [0.5, 0.6) is 0 Å². The van der Waals surface area contributed by atoms with E-state index >= 15 is 0 Å². The molecule has 1 aromatic heterocycles. The second-order valence-corrected chi connectivity index (χ2v) is 6.54. The minimum atomic E-state index is -0.377. The first kappa shape index (κ1) is 16.8. The zero-order valence-electron chi connectivity index (χ0n) is 15.0. The van der Waals surface area contributed by atoms with Gasteiger partial charge in [-0.3, -0.25) is 9.59 Å². The molecule has 1 aliphatic rings. The highest BCUT2D eigenvalue weighted by Crippen LogP contribution is 2.25. The van der Waals surface area contributed by atoms with E-state index in [2.05, 4.69) is 5.32 Å². The van der Waals surface area contributed by atoms with E-state index in [1.807, 2.05) is 36.0 Å². The second kappa shape index (κ2) is 6.28. The van der Waals surface area contributed by atoms with Gasteiger partial charge in [0.15, 0.2) is 0 Å². The Balaban J connectivity index is 1.62. The van der Waals surface area contributed by atoms with Gasteiger partial charge in [-0.2, -0.15) is 0 Å². The molecule has 4 rings (SSSR count). The molecular weight excluding hydrogens is 344 g/mol. The summed E-state index contributed by atoms with van der Waals surface area (Å²) in [7, 11) is 3.50. The van der Waals surface area contributed by atoms with Gasteiger partial charge in [-0.1, -0.05) is 12.1 Å². The highest BCUT2D eigenvalue weighted by Gasteiger charge is 2.34. The SMILES string of the molecule is CN1CC(=O)N(c2cccc(NC(=O)c3cccc4c3ccn4C)c2)C1=O. The first-order valence-corrected chi connectivity index (χ1v) is 8.49. The van der Waals surface area contributed by atoms with Crippen molar-refractivity contribution in [3.63, 3.8) is 0 Å². The normalized spacial score (nSPS) is 14.3. The van der Waals surface area contributed by atoms with Gasteiger partial charge in [-0.15, -0.1) is 0 Å². The van der Waals surface area contributed by atoms with Crippen LogP contribution < -0.4 is 10.2 Å². The number of urea groups is 1. The van der Waals surface area contributed by atoms with Gasteiger partial charge in [0, 0.05) is 42.4 Å². The highest BCUT2D eigenvalue weighted by atomic mass is 16.2. The number of hydrogen-bond acceptors (Lipinski definition) is 3. The van der Waals surface area contributed by atoms with Crippen molar-refractivity contribution in [1.82, 2.24) is 9.47 Å². The monoisotopic (exact) mass is 362 g/mol. The summed E-state index contributed by atoms with van der Waals surface area (Å²) in [4.78, 5) is 39.5. The van der Waals surface area contributed by atoms with Crippen LogP contribution >= 0.6 is 0 Å². The van der Waals surface area contributed by atoms with E-state index in [0.717, 1.165) is 15.8 Å². The summed E-state index contributed by atoms with van der Waals surface area (Å²) >= 11 is 0. The predicted molar refractivity (Wildman–Crippen MR) is 103 cm³/mol. The second-order valence-electron chi connectivity index (χ2n) is 6.54. The fourth-order valence-corrected chi connectivity index (χ4v) is 3.29. The maximum atomic E-state index is 12.8. The molecule has 0 unspecified atom stereocenters. The van der Waals surface area contributed by atoms with Gasteiger partial charge in [0.25, 0.3) is 11.8 Å². The Morgan fingerprint density at radius 2 is 1.81 bits per heavy atom. The Morgan fingerprint density at radius 3 is 2.56 bits per heavy atom. The van der Waals surface area contributed by atoms with E-state index in [1.54, 1.807) is 37.4 Å². The summed E-state index contributed by atoms with van der Waals surface area (Å²) < 4.78 is 1.95. The van der Waals surface area contributed by atoms with Crippen molar-refractivity contribution < 1.29 is 14.4 Å². The van der Waals surface area contributed by atoms with E-state index in [1.165, 1.54) is 4.90 Å². The standard InChI is InChI=1S/C20H18N4O3/c1-22-10-9-15-16(7-4-8-17(15)22)19(26)21-13-5-3-6-14(11-13)24-18(25)12-23(2)20(24)27/h3-11H,12H2,1-2H3,(H,21,26). The van der Waals surface area contributed by atoms with Crippen LogP contribution in [0.25, 0.3) is 10.9 Å². The van der Waals surface area contributed by atoms with Gasteiger partial charge in [0.1, 0.15) is 6.54 Å². The average molecular weight is 362 g/mol. The van der Waals surface area contributed by atoms with Crippen LogP contribution in [0.3, 0.4) is 0 Å². The van der Waals surface area contributed by atoms with Crippen molar-refractivity contribution in [3.05, 3.63) is 60.3 Å². The molecule has 2 aromatic carbocycles. The van der Waals surface area contributed by atoms with Crippen LogP contribution in [-0.2, 0) is 11.8 Å². The van der Waals surface area contributed by atoms with Gasteiger partial charge >= 0.3 is 6.03 Å². The van der Waals surface area contributed by atoms with E-state index < -0.39 is 0 Å². The van der Waals surface area contributed by atoms with Crippen LogP contribution in [0.15, 0.2) is 54.7 Å². The summed E-state index contributed by atoms with van der Waals surface area (Å²) in [5.74, 6) is -0.542. The molecule has 0 spiro atoms. The summed E-state index contributed by atoms with van der Waals surface area (Å²) in [6.45, 7) is 0.0470. The number of aromatic nitrogens is 1.